The molecule has 0 aromatic carbocycles. The third-order valence-corrected chi connectivity index (χ3v) is 2.21. The second-order valence-electron chi connectivity index (χ2n) is 2.09. The van der Waals surface area contributed by atoms with Gasteiger partial charge >= 0.3 is 0 Å². The van der Waals surface area contributed by atoms with Crippen molar-refractivity contribution in [2.45, 2.75) is 13.3 Å². The van der Waals surface area contributed by atoms with E-state index in [9.17, 15) is 4.79 Å². The Balaban J connectivity index is 2.73. The normalized spacial score (nSPS) is 9.91. The summed E-state index contributed by atoms with van der Waals surface area (Å²) >= 11 is 1.35. The van der Waals surface area contributed by atoms with Crippen LogP contribution >= 0.6 is 11.3 Å². The molecule has 1 amide bonds. The van der Waals surface area contributed by atoms with E-state index in [2.05, 4.69) is 4.98 Å². The average Bonchev–Trinajstić information content (AvgIpc) is 2.37. The number of primary amides is 1. The molecule has 11 heavy (non-hydrogen) atoms. The van der Waals surface area contributed by atoms with Gasteiger partial charge in [0.1, 0.15) is 4.88 Å². The van der Waals surface area contributed by atoms with Crippen LogP contribution in [0.3, 0.4) is 0 Å². The number of thiazole rings is 1. The largest absolute Gasteiger partial charge is 0.365 e. The third-order valence-electron chi connectivity index (χ3n) is 1.18. The minimum absolute atomic E-state index is 0.398. The van der Waals surface area contributed by atoms with Gasteiger partial charge in [-0.3, -0.25) is 4.79 Å². The lowest BCUT2D eigenvalue weighted by Gasteiger charge is -1.85. The molecule has 0 unspecified atom stereocenters. The monoisotopic (exact) mass is 169 g/mol. The zero-order valence-electron chi connectivity index (χ0n) is 6.20. The first kappa shape index (κ1) is 8.20. The van der Waals surface area contributed by atoms with Crippen LogP contribution in [-0.4, -0.2) is 10.9 Å². The Bertz CT molecular complexity index is 257. The standard InChI is InChI=1S/C7H9N2OS/c1-2-3-6-9-4-5(11-6)7(8)10/h2,4H,3H2,1H3,(H2,8,10). The van der Waals surface area contributed by atoms with Crippen molar-refractivity contribution in [2.75, 3.05) is 0 Å². The molecule has 3 nitrogen and oxygen atoms in total. The molecular weight excluding hydrogens is 160 g/mol. The van der Waals surface area contributed by atoms with Crippen LogP contribution in [0.15, 0.2) is 6.20 Å². The number of carbonyl (C=O) groups excluding carboxylic acids is 1. The van der Waals surface area contributed by atoms with Crippen molar-refractivity contribution < 1.29 is 4.79 Å². The Kier molecular flexibility index (Phi) is 2.59. The van der Waals surface area contributed by atoms with Crippen LogP contribution < -0.4 is 5.73 Å². The van der Waals surface area contributed by atoms with Crippen LogP contribution in [0.4, 0.5) is 0 Å². The number of hydrogen-bond acceptors (Lipinski definition) is 3. The lowest BCUT2D eigenvalue weighted by atomic mass is 10.4. The van der Waals surface area contributed by atoms with Gasteiger partial charge in [-0.2, -0.15) is 0 Å². The summed E-state index contributed by atoms with van der Waals surface area (Å²) in [7, 11) is 0. The number of hydrogen-bond donors (Lipinski definition) is 1. The van der Waals surface area contributed by atoms with Crippen molar-refractivity contribution in [3.8, 4) is 0 Å². The van der Waals surface area contributed by atoms with Gasteiger partial charge in [0.15, 0.2) is 0 Å². The van der Waals surface area contributed by atoms with Crippen LogP contribution in [0.2, 0.25) is 0 Å². The highest BCUT2D eigenvalue weighted by atomic mass is 32.1. The van der Waals surface area contributed by atoms with E-state index in [1.54, 1.807) is 0 Å². The number of aromatic nitrogens is 1. The highest BCUT2D eigenvalue weighted by Crippen LogP contribution is 2.12. The van der Waals surface area contributed by atoms with Gasteiger partial charge in [0, 0.05) is 6.42 Å². The fourth-order valence-corrected chi connectivity index (χ4v) is 1.51. The molecule has 0 aliphatic rings. The SMILES string of the molecule is C[CH]Cc1ncc(C(N)=O)s1. The molecule has 1 rings (SSSR count). The molecule has 0 fully saturated rings. The molecular formula is C7H9N2OS. The summed E-state index contributed by atoms with van der Waals surface area (Å²) in [4.78, 5) is 15.1. The topological polar surface area (TPSA) is 56.0 Å². The predicted molar refractivity (Wildman–Crippen MR) is 44.3 cm³/mol. The summed E-state index contributed by atoms with van der Waals surface area (Å²) in [6, 6.07) is 0. The van der Waals surface area contributed by atoms with E-state index < -0.39 is 5.91 Å². The van der Waals surface area contributed by atoms with Crippen LogP contribution in [0.1, 0.15) is 21.6 Å². The number of amides is 1. The van der Waals surface area contributed by atoms with Gasteiger partial charge in [-0.25, -0.2) is 4.98 Å². The number of nitrogens with zero attached hydrogens (tertiary/aromatic N) is 1. The molecule has 0 saturated carbocycles. The van der Waals surface area contributed by atoms with Gasteiger partial charge in [-0.15, -0.1) is 11.3 Å². The second-order valence-corrected chi connectivity index (χ2v) is 3.21. The summed E-state index contributed by atoms with van der Waals surface area (Å²) in [6.45, 7) is 1.95. The smallest absolute Gasteiger partial charge is 0.260 e. The van der Waals surface area contributed by atoms with Gasteiger partial charge in [-0.05, 0) is 6.42 Å². The van der Waals surface area contributed by atoms with E-state index in [-0.39, 0.29) is 0 Å². The van der Waals surface area contributed by atoms with Crippen molar-refractivity contribution in [3.63, 3.8) is 0 Å². The molecule has 0 aliphatic heterocycles. The van der Waals surface area contributed by atoms with Crippen molar-refractivity contribution in [1.82, 2.24) is 4.98 Å². The summed E-state index contributed by atoms with van der Waals surface area (Å²) in [5, 5.41) is 0.932. The molecule has 0 saturated heterocycles. The molecule has 1 heterocycles. The molecule has 4 heteroatoms. The molecule has 0 bridgehead atoms. The molecule has 0 aliphatic carbocycles. The molecule has 0 spiro atoms. The van der Waals surface area contributed by atoms with Crippen molar-refractivity contribution in [3.05, 3.63) is 22.5 Å². The van der Waals surface area contributed by atoms with Crippen molar-refractivity contribution >= 4 is 17.2 Å². The number of carbonyl (C=O) groups is 1. The quantitative estimate of drug-likeness (QED) is 0.734. The number of nitrogens with two attached hydrogens (primary N) is 1. The van der Waals surface area contributed by atoms with Crippen molar-refractivity contribution in [1.29, 1.82) is 0 Å². The molecule has 1 aromatic rings. The van der Waals surface area contributed by atoms with Gasteiger partial charge in [-0.1, -0.05) is 6.92 Å². The molecule has 59 valence electrons. The predicted octanol–water partition coefficient (Wildman–Crippen LogP) is 1.01. The molecule has 1 radical (unpaired) electrons. The minimum Gasteiger partial charge on any atom is -0.365 e. The van der Waals surface area contributed by atoms with E-state index in [4.69, 9.17) is 5.73 Å². The molecule has 0 atom stereocenters. The van der Waals surface area contributed by atoms with Gasteiger partial charge in [0.25, 0.3) is 5.91 Å². The average molecular weight is 169 g/mol. The van der Waals surface area contributed by atoms with E-state index in [1.807, 2.05) is 13.3 Å². The summed E-state index contributed by atoms with van der Waals surface area (Å²) in [5.41, 5.74) is 5.04. The Morgan fingerprint density at radius 3 is 3.09 bits per heavy atom. The fraction of sp³-hybridized carbons (Fsp3) is 0.286. The van der Waals surface area contributed by atoms with Gasteiger partial charge in [0.05, 0.1) is 11.2 Å². The van der Waals surface area contributed by atoms with Gasteiger partial charge < -0.3 is 5.73 Å². The minimum atomic E-state index is -0.398. The Hall–Kier alpha value is -0.900. The Morgan fingerprint density at radius 1 is 1.91 bits per heavy atom. The van der Waals surface area contributed by atoms with Crippen LogP contribution in [0.5, 0.6) is 0 Å². The van der Waals surface area contributed by atoms with E-state index >= 15 is 0 Å². The maximum Gasteiger partial charge on any atom is 0.260 e. The van der Waals surface area contributed by atoms with E-state index in [0.717, 1.165) is 11.4 Å². The zero-order valence-corrected chi connectivity index (χ0v) is 7.02. The maximum atomic E-state index is 10.6. The number of rotatable bonds is 3. The Morgan fingerprint density at radius 2 is 2.64 bits per heavy atom. The lowest BCUT2D eigenvalue weighted by molar-refractivity contribution is 0.100. The summed E-state index contributed by atoms with van der Waals surface area (Å²) in [6.07, 6.45) is 4.31. The first-order valence-corrected chi connectivity index (χ1v) is 4.08. The summed E-state index contributed by atoms with van der Waals surface area (Å²) < 4.78 is 0. The van der Waals surface area contributed by atoms with Crippen LogP contribution in [0, 0.1) is 6.42 Å². The van der Waals surface area contributed by atoms with Gasteiger partial charge in [0.2, 0.25) is 0 Å². The van der Waals surface area contributed by atoms with Crippen LogP contribution in [0.25, 0.3) is 0 Å². The second kappa shape index (κ2) is 3.48. The maximum absolute atomic E-state index is 10.6. The van der Waals surface area contributed by atoms with E-state index in [0.29, 0.717) is 4.88 Å². The first-order chi connectivity index (χ1) is 5.24. The Labute approximate surface area is 69.3 Å². The highest BCUT2D eigenvalue weighted by molar-refractivity contribution is 7.13. The fourth-order valence-electron chi connectivity index (χ4n) is 0.693. The highest BCUT2D eigenvalue weighted by Gasteiger charge is 2.04. The lowest BCUT2D eigenvalue weighted by Crippen LogP contribution is -2.08. The zero-order chi connectivity index (χ0) is 8.27. The van der Waals surface area contributed by atoms with Crippen molar-refractivity contribution in [2.24, 2.45) is 5.73 Å². The molecule has 2 N–H and O–H groups in total. The van der Waals surface area contributed by atoms with E-state index in [1.165, 1.54) is 17.5 Å². The molecule has 1 aromatic heterocycles. The first-order valence-electron chi connectivity index (χ1n) is 3.26. The summed E-state index contributed by atoms with van der Waals surface area (Å²) in [5.74, 6) is -0.398. The van der Waals surface area contributed by atoms with Crippen LogP contribution in [-0.2, 0) is 6.42 Å². The third kappa shape index (κ3) is 2.01.